The first-order valence-corrected chi connectivity index (χ1v) is 9.29. The molecule has 1 aromatic carbocycles. The van der Waals surface area contributed by atoms with Gasteiger partial charge in [0.2, 0.25) is 5.91 Å². The van der Waals surface area contributed by atoms with Crippen molar-refractivity contribution in [1.82, 2.24) is 20.8 Å². The third kappa shape index (κ3) is 2.35. The van der Waals surface area contributed by atoms with E-state index in [0.29, 0.717) is 11.8 Å². The van der Waals surface area contributed by atoms with Crippen molar-refractivity contribution in [2.45, 2.75) is 24.3 Å². The van der Waals surface area contributed by atoms with Gasteiger partial charge in [0.05, 0.1) is 16.7 Å². The van der Waals surface area contributed by atoms with E-state index >= 15 is 0 Å². The molecule has 4 rings (SSSR count). The molecule has 3 N–H and O–H groups in total. The van der Waals surface area contributed by atoms with E-state index in [1.54, 1.807) is 11.8 Å². The van der Waals surface area contributed by atoms with E-state index in [1.807, 2.05) is 19.9 Å². The van der Waals surface area contributed by atoms with E-state index in [4.69, 9.17) is 0 Å². The Morgan fingerprint density at radius 3 is 2.78 bits per heavy atom. The van der Waals surface area contributed by atoms with Gasteiger partial charge in [0.25, 0.3) is 0 Å². The fraction of sp³-hybridized carbons (Fsp3) is 0.529. The molecule has 1 saturated heterocycles. The van der Waals surface area contributed by atoms with E-state index in [1.165, 1.54) is 4.90 Å². The summed E-state index contributed by atoms with van der Waals surface area (Å²) in [5, 5.41) is 15.3. The van der Waals surface area contributed by atoms with Gasteiger partial charge in [-0.2, -0.15) is 5.10 Å². The Morgan fingerprint density at radius 2 is 2.09 bits per heavy atom. The molecule has 1 aliphatic carbocycles. The van der Waals surface area contributed by atoms with E-state index < -0.39 is 5.54 Å². The van der Waals surface area contributed by atoms with Gasteiger partial charge in [0, 0.05) is 16.2 Å². The maximum Gasteiger partial charge on any atom is 0.224 e. The van der Waals surface area contributed by atoms with Gasteiger partial charge in [-0.1, -0.05) is 12.1 Å². The van der Waals surface area contributed by atoms with Crippen molar-refractivity contribution in [3.8, 4) is 0 Å². The summed E-state index contributed by atoms with van der Waals surface area (Å²) in [6, 6.07) is 6.19. The first-order chi connectivity index (χ1) is 11.0. The molecule has 5 nitrogen and oxygen atoms in total. The highest BCUT2D eigenvalue weighted by molar-refractivity contribution is 7.98. The number of thioether (sulfide) groups is 1. The highest BCUT2D eigenvalue weighted by atomic mass is 32.2. The van der Waals surface area contributed by atoms with Crippen molar-refractivity contribution in [2.24, 2.45) is 17.8 Å². The second-order valence-corrected chi connectivity index (χ2v) is 7.93. The van der Waals surface area contributed by atoms with Crippen LogP contribution in [0.25, 0.3) is 10.9 Å². The van der Waals surface area contributed by atoms with Gasteiger partial charge in [-0.3, -0.25) is 9.89 Å². The normalized spacial score (nSPS) is 26.3. The Hall–Kier alpha value is -1.53. The van der Waals surface area contributed by atoms with Crippen LogP contribution in [0, 0.1) is 17.8 Å². The summed E-state index contributed by atoms with van der Waals surface area (Å²) in [6.45, 7) is 6.02. The number of piperidine rings is 1. The Labute approximate surface area is 140 Å². The molecule has 0 radical (unpaired) electrons. The predicted molar refractivity (Wildman–Crippen MR) is 92.4 cm³/mol. The second kappa shape index (κ2) is 5.24. The van der Waals surface area contributed by atoms with Crippen LogP contribution in [-0.2, 0) is 10.3 Å². The van der Waals surface area contributed by atoms with Gasteiger partial charge >= 0.3 is 0 Å². The molecule has 0 unspecified atom stereocenters. The summed E-state index contributed by atoms with van der Waals surface area (Å²) in [5.74, 6) is 1.42. The highest BCUT2D eigenvalue weighted by Gasteiger charge is 2.57. The minimum atomic E-state index is -0.489. The Morgan fingerprint density at radius 1 is 1.35 bits per heavy atom. The number of H-pyrrole nitrogens is 1. The Kier molecular flexibility index (Phi) is 3.43. The zero-order valence-corrected chi connectivity index (χ0v) is 14.5. The topological polar surface area (TPSA) is 69.8 Å². The molecule has 6 heteroatoms. The molecule has 2 fully saturated rings. The van der Waals surface area contributed by atoms with Gasteiger partial charge in [0.15, 0.2) is 0 Å². The molecule has 0 spiro atoms. The fourth-order valence-electron chi connectivity index (χ4n) is 3.92. The smallest absolute Gasteiger partial charge is 0.224 e. The summed E-state index contributed by atoms with van der Waals surface area (Å²) in [5.41, 5.74) is 1.46. The maximum absolute atomic E-state index is 12.6. The molecular formula is C17H22N4OS. The van der Waals surface area contributed by atoms with Gasteiger partial charge < -0.3 is 10.6 Å². The van der Waals surface area contributed by atoms with Crippen molar-refractivity contribution in [3.05, 3.63) is 23.9 Å². The lowest BCUT2D eigenvalue weighted by Crippen LogP contribution is -2.43. The number of amides is 1. The molecule has 1 amide bonds. The van der Waals surface area contributed by atoms with Crippen LogP contribution >= 0.6 is 11.8 Å². The minimum absolute atomic E-state index is 0.170. The van der Waals surface area contributed by atoms with Crippen LogP contribution in [0.1, 0.15) is 19.5 Å². The number of carbonyl (C=O) groups is 1. The average molecular weight is 330 g/mol. The quantitative estimate of drug-likeness (QED) is 0.751. The summed E-state index contributed by atoms with van der Waals surface area (Å²) in [6.07, 6.45) is 2.06. The molecule has 1 aliphatic heterocycles. The number of carbonyl (C=O) groups excluding carboxylic acids is 1. The third-order valence-corrected chi connectivity index (χ3v) is 5.98. The standard InChI is InChI=1S/C17H22N4OS/c1-17(2,19-16(22)13-10-7-18-8-11(10)13)15-9-5-4-6-12(23-3)14(9)20-21-15/h4-6,10-11,13,18H,7-8H2,1-3H3,(H,19,22)(H,20,21)/t10-,11+,13+. The molecule has 3 atom stereocenters. The zero-order chi connectivity index (χ0) is 16.2. The van der Waals surface area contributed by atoms with Gasteiger partial charge in [0.1, 0.15) is 0 Å². The van der Waals surface area contributed by atoms with Crippen LogP contribution in [0.15, 0.2) is 23.1 Å². The van der Waals surface area contributed by atoms with Crippen molar-refractivity contribution in [2.75, 3.05) is 19.3 Å². The lowest BCUT2D eigenvalue weighted by atomic mass is 9.96. The average Bonchev–Trinajstić information content (AvgIpc) is 2.91. The number of rotatable bonds is 4. The molecular weight excluding hydrogens is 308 g/mol. The number of benzene rings is 1. The first-order valence-electron chi connectivity index (χ1n) is 8.07. The number of fused-ring (bicyclic) bond motifs is 2. The van der Waals surface area contributed by atoms with E-state index in [0.717, 1.165) is 29.7 Å². The van der Waals surface area contributed by atoms with Gasteiger partial charge in [-0.25, -0.2) is 0 Å². The van der Waals surface area contributed by atoms with Crippen LogP contribution in [-0.4, -0.2) is 35.4 Å². The van der Waals surface area contributed by atoms with Crippen LogP contribution in [0.3, 0.4) is 0 Å². The van der Waals surface area contributed by atoms with Crippen LogP contribution in [0.4, 0.5) is 0 Å². The van der Waals surface area contributed by atoms with Crippen molar-refractivity contribution in [1.29, 1.82) is 0 Å². The third-order valence-electron chi connectivity index (χ3n) is 5.20. The molecule has 1 aromatic heterocycles. The SMILES string of the molecule is CSc1cccc2c(C(C)(C)NC(=O)[C@H]3[C@@H]4CNC[C@@H]43)n[nH]c12. The molecule has 2 aliphatic rings. The molecule has 122 valence electrons. The fourth-order valence-corrected chi connectivity index (χ4v) is 4.49. The molecule has 0 bridgehead atoms. The lowest BCUT2D eigenvalue weighted by molar-refractivity contribution is -0.124. The zero-order valence-electron chi connectivity index (χ0n) is 13.6. The number of hydrogen-bond acceptors (Lipinski definition) is 4. The number of aromatic nitrogens is 2. The predicted octanol–water partition coefficient (Wildman–Crippen LogP) is 2.10. The van der Waals surface area contributed by atoms with Crippen molar-refractivity contribution < 1.29 is 4.79 Å². The van der Waals surface area contributed by atoms with Crippen molar-refractivity contribution in [3.63, 3.8) is 0 Å². The number of para-hydroxylation sites is 1. The largest absolute Gasteiger partial charge is 0.345 e. The van der Waals surface area contributed by atoms with Gasteiger partial charge in [-0.05, 0) is 51.1 Å². The summed E-state index contributed by atoms with van der Waals surface area (Å²) < 4.78 is 0. The van der Waals surface area contributed by atoms with Crippen LogP contribution in [0.2, 0.25) is 0 Å². The maximum atomic E-state index is 12.6. The van der Waals surface area contributed by atoms with E-state index in [-0.39, 0.29) is 11.8 Å². The Bertz CT molecular complexity index is 759. The number of nitrogens with one attached hydrogen (secondary N) is 3. The second-order valence-electron chi connectivity index (χ2n) is 7.08. The van der Waals surface area contributed by atoms with Crippen LogP contribution < -0.4 is 10.6 Å². The minimum Gasteiger partial charge on any atom is -0.345 e. The van der Waals surface area contributed by atoms with Crippen molar-refractivity contribution >= 4 is 28.6 Å². The lowest BCUT2D eigenvalue weighted by Gasteiger charge is -2.25. The molecule has 1 saturated carbocycles. The highest BCUT2D eigenvalue weighted by Crippen LogP contribution is 2.49. The summed E-state index contributed by atoms with van der Waals surface area (Å²) in [4.78, 5) is 13.8. The number of hydrogen-bond donors (Lipinski definition) is 3. The summed E-state index contributed by atoms with van der Waals surface area (Å²) >= 11 is 1.70. The van der Waals surface area contributed by atoms with E-state index in [9.17, 15) is 4.79 Å². The molecule has 2 aromatic rings. The van der Waals surface area contributed by atoms with Gasteiger partial charge in [-0.15, -0.1) is 11.8 Å². The van der Waals surface area contributed by atoms with E-state index in [2.05, 4.69) is 39.2 Å². The number of aromatic amines is 1. The molecule has 23 heavy (non-hydrogen) atoms. The summed E-state index contributed by atoms with van der Waals surface area (Å²) in [7, 11) is 0. The van der Waals surface area contributed by atoms with Crippen LogP contribution in [0.5, 0.6) is 0 Å². The number of nitrogens with zero attached hydrogens (tertiary/aromatic N) is 1. The monoisotopic (exact) mass is 330 g/mol. The Balaban J connectivity index is 1.60. The first kappa shape index (κ1) is 15.0. The molecule has 2 heterocycles.